The van der Waals surface area contributed by atoms with E-state index in [4.69, 9.17) is 14.6 Å². The molecule has 2 amide bonds. The summed E-state index contributed by atoms with van der Waals surface area (Å²) in [6, 6.07) is 0. The van der Waals surface area contributed by atoms with E-state index >= 15 is 0 Å². The molecule has 8 nitrogen and oxygen atoms in total. The predicted molar refractivity (Wildman–Crippen MR) is 77.4 cm³/mol. The fourth-order valence-corrected chi connectivity index (χ4v) is 2.09. The first-order valence-electron chi connectivity index (χ1n) is 7.25. The fraction of sp³-hybridized carbons (Fsp3) is 0.786. The van der Waals surface area contributed by atoms with E-state index in [1.54, 1.807) is 25.7 Å². The maximum atomic E-state index is 11.7. The Bertz CT molecular complexity index is 410. The second-order valence-corrected chi connectivity index (χ2v) is 6.14. The lowest BCUT2D eigenvalue weighted by Gasteiger charge is -2.32. The highest BCUT2D eigenvalue weighted by Crippen LogP contribution is 2.14. The van der Waals surface area contributed by atoms with Crippen LogP contribution in [-0.4, -0.2) is 65.9 Å². The number of likely N-dealkylation sites (tertiary alicyclic amines) is 1. The molecule has 0 aromatic heterocycles. The number of hydrogen-bond donors (Lipinski definition) is 2. The molecular weight excluding hydrogens is 292 g/mol. The molecule has 22 heavy (non-hydrogen) atoms. The average molecular weight is 316 g/mol. The largest absolute Gasteiger partial charge is 0.465 e. The van der Waals surface area contributed by atoms with Gasteiger partial charge in [0.2, 0.25) is 5.91 Å². The fourth-order valence-electron chi connectivity index (χ4n) is 2.09. The van der Waals surface area contributed by atoms with Crippen molar-refractivity contribution in [3.63, 3.8) is 0 Å². The third kappa shape index (κ3) is 7.26. The van der Waals surface area contributed by atoms with Crippen LogP contribution in [0.4, 0.5) is 4.79 Å². The molecule has 126 valence electrons. The first-order chi connectivity index (χ1) is 10.2. The van der Waals surface area contributed by atoms with E-state index in [0.717, 1.165) is 0 Å². The summed E-state index contributed by atoms with van der Waals surface area (Å²) in [4.78, 5) is 35.2. The summed E-state index contributed by atoms with van der Waals surface area (Å²) in [5.74, 6) is -0.662. The molecule has 1 aliphatic heterocycles. The molecule has 0 radical (unpaired) electrons. The Kier molecular flexibility index (Phi) is 6.61. The summed E-state index contributed by atoms with van der Waals surface area (Å²) in [7, 11) is 0. The average Bonchev–Trinajstić information content (AvgIpc) is 2.41. The molecule has 0 saturated carbocycles. The Morgan fingerprint density at radius 1 is 1.23 bits per heavy atom. The minimum absolute atomic E-state index is 0.0935. The number of rotatable bonds is 5. The lowest BCUT2D eigenvalue weighted by molar-refractivity contribution is -0.163. The zero-order valence-electron chi connectivity index (χ0n) is 13.3. The number of carboxylic acid groups (broad SMARTS) is 1. The summed E-state index contributed by atoms with van der Waals surface area (Å²) in [5.41, 5.74) is -0.534. The van der Waals surface area contributed by atoms with Crippen LogP contribution < -0.4 is 5.32 Å². The van der Waals surface area contributed by atoms with Gasteiger partial charge in [-0.15, -0.1) is 0 Å². The van der Waals surface area contributed by atoms with E-state index < -0.39 is 17.7 Å². The van der Waals surface area contributed by atoms with Gasteiger partial charge in [0.15, 0.2) is 0 Å². The van der Waals surface area contributed by atoms with Crippen LogP contribution in [0.5, 0.6) is 0 Å². The van der Waals surface area contributed by atoms with E-state index in [1.165, 1.54) is 0 Å². The van der Waals surface area contributed by atoms with E-state index in [0.29, 0.717) is 25.9 Å². The lowest BCUT2D eigenvalue weighted by Crippen LogP contribution is -2.45. The highest BCUT2D eigenvalue weighted by molar-refractivity contribution is 5.81. The van der Waals surface area contributed by atoms with Crippen molar-refractivity contribution in [1.82, 2.24) is 10.2 Å². The molecular formula is C14H24N2O6. The van der Waals surface area contributed by atoms with Gasteiger partial charge in [-0.1, -0.05) is 0 Å². The van der Waals surface area contributed by atoms with Crippen molar-refractivity contribution < 1.29 is 29.0 Å². The third-order valence-electron chi connectivity index (χ3n) is 3.04. The molecule has 0 bridgehead atoms. The van der Waals surface area contributed by atoms with Crippen LogP contribution in [-0.2, 0) is 19.1 Å². The van der Waals surface area contributed by atoms with Crippen molar-refractivity contribution in [2.45, 2.75) is 45.3 Å². The quantitative estimate of drug-likeness (QED) is 0.720. The topological polar surface area (TPSA) is 105 Å². The van der Waals surface area contributed by atoms with Crippen molar-refractivity contribution in [3.8, 4) is 0 Å². The first-order valence-corrected chi connectivity index (χ1v) is 7.25. The summed E-state index contributed by atoms with van der Waals surface area (Å²) in [6.45, 7) is 6.02. The number of esters is 1. The molecule has 0 spiro atoms. The summed E-state index contributed by atoms with van der Waals surface area (Å²) in [6.07, 6.45) is -0.0867. The van der Waals surface area contributed by atoms with Crippen LogP contribution in [0.2, 0.25) is 0 Å². The zero-order chi connectivity index (χ0) is 16.8. The molecule has 0 atom stereocenters. The molecule has 0 aromatic carbocycles. The van der Waals surface area contributed by atoms with Crippen LogP contribution in [0, 0.1) is 0 Å². The van der Waals surface area contributed by atoms with Crippen molar-refractivity contribution in [3.05, 3.63) is 0 Å². The van der Waals surface area contributed by atoms with Crippen LogP contribution in [0.15, 0.2) is 0 Å². The molecule has 1 aliphatic rings. The minimum atomic E-state index is -1.22. The number of carbonyl (C=O) groups is 3. The highest BCUT2D eigenvalue weighted by Gasteiger charge is 2.24. The van der Waals surface area contributed by atoms with Crippen molar-refractivity contribution >= 4 is 18.0 Å². The number of nitrogens with one attached hydrogen (secondary N) is 1. The highest BCUT2D eigenvalue weighted by atomic mass is 16.6. The Morgan fingerprint density at radius 2 is 1.82 bits per heavy atom. The molecule has 2 N–H and O–H groups in total. The van der Waals surface area contributed by atoms with E-state index in [9.17, 15) is 14.4 Å². The van der Waals surface area contributed by atoms with Crippen LogP contribution in [0.25, 0.3) is 0 Å². The Morgan fingerprint density at radius 3 is 2.32 bits per heavy atom. The number of hydrogen-bond acceptors (Lipinski definition) is 5. The predicted octanol–water partition coefficient (Wildman–Crippen LogP) is 0.603. The Balaban J connectivity index is 2.24. The van der Waals surface area contributed by atoms with E-state index in [-0.39, 0.29) is 25.2 Å². The third-order valence-corrected chi connectivity index (χ3v) is 3.04. The Labute approximate surface area is 129 Å². The van der Waals surface area contributed by atoms with Gasteiger partial charge < -0.3 is 24.8 Å². The molecule has 1 heterocycles. The van der Waals surface area contributed by atoms with Gasteiger partial charge >= 0.3 is 12.1 Å². The maximum absolute atomic E-state index is 11.7. The van der Waals surface area contributed by atoms with Gasteiger partial charge in [-0.3, -0.25) is 4.79 Å². The smallest absolute Gasteiger partial charge is 0.405 e. The van der Waals surface area contributed by atoms with Gasteiger partial charge in [0.25, 0.3) is 0 Å². The monoisotopic (exact) mass is 316 g/mol. The molecule has 8 heteroatoms. The zero-order valence-corrected chi connectivity index (χ0v) is 13.3. The van der Waals surface area contributed by atoms with Gasteiger partial charge in [0, 0.05) is 13.1 Å². The molecule has 0 unspecified atom stereocenters. The van der Waals surface area contributed by atoms with Crippen LogP contribution in [0.1, 0.15) is 33.6 Å². The van der Waals surface area contributed by atoms with Crippen molar-refractivity contribution in [2.75, 3.05) is 26.2 Å². The first kappa shape index (κ1) is 18.2. The maximum Gasteiger partial charge on any atom is 0.405 e. The lowest BCUT2D eigenvalue weighted by atomic mass is 10.1. The number of ether oxygens (including phenoxy) is 2. The molecule has 1 saturated heterocycles. The van der Waals surface area contributed by atoms with Gasteiger partial charge in [0.1, 0.15) is 18.8 Å². The Hall–Kier alpha value is -1.83. The number of piperidine rings is 1. The second kappa shape index (κ2) is 7.98. The van der Waals surface area contributed by atoms with Crippen molar-refractivity contribution in [2.24, 2.45) is 0 Å². The SMILES string of the molecule is CC(C)(C)OC(=O)COC1CCN(C(=O)CNC(=O)O)CC1. The van der Waals surface area contributed by atoms with Crippen LogP contribution >= 0.6 is 0 Å². The normalized spacial score (nSPS) is 16.2. The summed E-state index contributed by atoms with van der Waals surface area (Å²) < 4.78 is 10.6. The van der Waals surface area contributed by atoms with Gasteiger partial charge in [-0.05, 0) is 33.6 Å². The van der Waals surface area contributed by atoms with Crippen LogP contribution in [0.3, 0.4) is 0 Å². The summed E-state index contributed by atoms with van der Waals surface area (Å²) in [5, 5.41) is 10.5. The molecule has 0 aliphatic carbocycles. The number of amides is 2. The van der Waals surface area contributed by atoms with Gasteiger partial charge in [-0.25, -0.2) is 9.59 Å². The van der Waals surface area contributed by atoms with Gasteiger partial charge in [0.05, 0.1) is 6.10 Å². The molecule has 0 aromatic rings. The van der Waals surface area contributed by atoms with Gasteiger partial charge in [-0.2, -0.15) is 0 Å². The number of carbonyl (C=O) groups excluding carboxylic acids is 2. The van der Waals surface area contributed by atoms with Crippen molar-refractivity contribution in [1.29, 1.82) is 0 Å². The summed E-state index contributed by atoms with van der Waals surface area (Å²) >= 11 is 0. The standard InChI is InChI=1S/C14H24N2O6/c1-14(2,3)22-12(18)9-21-10-4-6-16(7-5-10)11(17)8-15-13(19)20/h10,15H,4-9H2,1-3H3,(H,19,20). The number of nitrogens with zero attached hydrogens (tertiary/aromatic N) is 1. The molecule has 1 rings (SSSR count). The molecule has 1 fully saturated rings. The van der Waals surface area contributed by atoms with E-state index in [1.807, 2.05) is 5.32 Å². The van der Waals surface area contributed by atoms with E-state index in [2.05, 4.69) is 0 Å². The second-order valence-electron chi connectivity index (χ2n) is 6.14. The minimum Gasteiger partial charge on any atom is -0.465 e.